The van der Waals surface area contributed by atoms with Gasteiger partial charge in [-0.05, 0) is 34.6 Å². The summed E-state index contributed by atoms with van der Waals surface area (Å²) in [5.74, 6) is -1.50. The number of aliphatic carboxylic acids is 1. The van der Waals surface area contributed by atoms with Crippen LogP contribution in [0.3, 0.4) is 0 Å². The molecule has 2 atom stereocenters. The Labute approximate surface area is 188 Å². The van der Waals surface area contributed by atoms with Crippen molar-refractivity contribution in [2.45, 2.75) is 45.1 Å². The third-order valence-corrected chi connectivity index (χ3v) is 5.68. The number of hydrogen-bond acceptors (Lipinski definition) is 4. The Bertz CT molecular complexity index is 929. The average molecular weight is 439 g/mol. The van der Waals surface area contributed by atoms with Crippen molar-refractivity contribution >= 4 is 18.0 Å². The number of carboxylic acid groups (broad SMARTS) is 1. The summed E-state index contributed by atoms with van der Waals surface area (Å²) < 4.78 is 5.54. The van der Waals surface area contributed by atoms with Crippen LogP contribution in [0, 0.1) is 5.92 Å². The molecule has 0 radical (unpaired) electrons. The van der Waals surface area contributed by atoms with Crippen LogP contribution in [0.25, 0.3) is 11.1 Å². The van der Waals surface area contributed by atoms with E-state index in [-0.39, 0.29) is 37.3 Å². The number of nitrogens with one attached hydrogen (secondary N) is 2. The molecule has 2 amide bonds. The first-order chi connectivity index (χ1) is 15.4. The number of carbonyl (C=O) groups is 3. The van der Waals surface area contributed by atoms with Gasteiger partial charge in [-0.3, -0.25) is 9.59 Å². The molecular weight excluding hydrogens is 408 g/mol. The van der Waals surface area contributed by atoms with Crippen LogP contribution in [0.2, 0.25) is 0 Å². The van der Waals surface area contributed by atoms with Crippen molar-refractivity contribution in [3.8, 4) is 11.1 Å². The molecule has 3 N–H and O–H groups in total. The molecule has 2 aromatic carbocycles. The van der Waals surface area contributed by atoms with Gasteiger partial charge in [-0.1, -0.05) is 68.8 Å². The smallest absolute Gasteiger partial charge is 0.407 e. The van der Waals surface area contributed by atoms with E-state index in [1.165, 1.54) is 0 Å². The number of carbonyl (C=O) groups excluding carboxylic acids is 2. The molecule has 32 heavy (non-hydrogen) atoms. The largest absolute Gasteiger partial charge is 0.481 e. The molecule has 0 bridgehead atoms. The van der Waals surface area contributed by atoms with Crippen molar-refractivity contribution in [2.75, 3.05) is 13.2 Å². The highest BCUT2D eigenvalue weighted by Crippen LogP contribution is 2.44. The Morgan fingerprint density at radius 3 is 2.19 bits per heavy atom. The van der Waals surface area contributed by atoms with Crippen LogP contribution in [0.5, 0.6) is 0 Å². The second-order valence-electron chi connectivity index (χ2n) is 8.26. The molecule has 0 aliphatic heterocycles. The Morgan fingerprint density at radius 2 is 1.62 bits per heavy atom. The number of alkyl carbamates (subject to hydrolysis) is 1. The molecule has 1 aliphatic rings. The van der Waals surface area contributed by atoms with Crippen LogP contribution in [0.1, 0.15) is 50.2 Å². The van der Waals surface area contributed by atoms with Crippen LogP contribution in [-0.4, -0.2) is 42.3 Å². The number of rotatable bonds is 10. The Hall–Kier alpha value is -3.35. The van der Waals surface area contributed by atoms with E-state index in [1.54, 1.807) is 6.92 Å². The standard InChI is InChI=1S/C25H30N2O5/c1-3-8-22(24(30)26-14-16(2)13-23(28)29)27-25(31)32-15-21-19-11-6-4-9-17(19)18-10-5-7-12-20(18)21/h4-7,9-12,16,21-22H,3,8,13-15H2,1-2H3,(H,26,30)(H,27,31)(H,28,29). The van der Waals surface area contributed by atoms with E-state index in [1.807, 2.05) is 43.3 Å². The monoisotopic (exact) mass is 438 g/mol. The van der Waals surface area contributed by atoms with Gasteiger partial charge in [0.1, 0.15) is 12.6 Å². The fourth-order valence-electron chi connectivity index (χ4n) is 4.11. The highest BCUT2D eigenvalue weighted by molar-refractivity contribution is 5.85. The maximum atomic E-state index is 12.5. The molecular formula is C25H30N2O5. The van der Waals surface area contributed by atoms with Gasteiger partial charge in [0.05, 0.1) is 0 Å². The predicted octanol–water partition coefficient (Wildman–Crippen LogP) is 3.92. The minimum Gasteiger partial charge on any atom is -0.481 e. The summed E-state index contributed by atoms with van der Waals surface area (Å²) in [5, 5.41) is 14.2. The van der Waals surface area contributed by atoms with Crippen molar-refractivity contribution in [3.05, 3.63) is 59.7 Å². The lowest BCUT2D eigenvalue weighted by atomic mass is 9.98. The van der Waals surface area contributed by atoms with Crippen LogP contribution < -0.4 is 10.6 Å². The van der Waals surface area contributed by atoms with E-state index in [4.69, 9.17) is 9.84 Å². The van der Waals surface area contributed by atoms with E-state index in [2.05, 4.69) is 22.8 Å². The van der Waals surface area contributed by atoms with Crippen molar-refractivity contribution in [3.63, 3.8) is 0 Å². The van der Waals surface area contributed by atoms with E-state index >= 15 is 0 Å². The Morgan fingerprint density at radius 1 is 1.03 bits per heavy atom. The minimum atomic E-state index is -0.909. The van der Waals surface area contributed by atoms with Crippen molar-refractivity contribution in [2.24, 2.45) is 5.92 Å². The summed E-state index contributed by atoms with van der Waals surface area (Å²) in [4.78, 5) is 35.8. The fraction of sp³-hybridized carbons (Fsp3) is 0.400. The third-order valence-electron chi connectivity index (χ3n) is 5.68. The van der Waals surface area contributed by atoms with Gasteiger partial charge in [0.2, 0.25) is 5.91 Å². The first-order valence-corrected chi connectivity index (χ1v) is 11.0. The minimum absolute atomic E-state index is 0.0292. The molecule has 0 spiro atoms. The van der Waals surface area contributed by atoms with Crippen molar-refractivity contribution < 1.29 is 24.2 Å². The number of fused-ring (bicyclic) bond motifs is 3. The van der Waals surface area contributed by atoms with E-state index in [9.17, 15) is 14.4 Å². The van der Waals surface area contributed by atoms with Gasteiger partial charge in [-0.25, -0.2) is 4.79 Å². The fourth-order valence-corrected chi connectivity index (χ4v) is 4.11. The van der Waals surface area contributed by atoms with Gasteiger partial charge in [0.15, 0.2) is 0 Å². The quantitative estimate of drug-likeness (QED) is 0.521. The first kappa shape index (κ1) is 23.3. The zero-order valence-electron chi connectivity index (χ0n) is 18.5. The highest BCUT2D eigenvalue weighted by atomic mass is 16.5. The van der Waals surface area contributed by atoms with Crippen LogP contribution in [0.4, 0.5) is 4.79 Å². The van der Waals surface area contributed by atoms with Gasteiger partial charge in [-0.15, -0.1) is 0 Å². The molecule has 7 heteroatoms. The molecule has 170 valence electrons. The average Bonchev–Trinajstić information content (AvgIpc) is 3.09. The zero-order valence-corrected chi connectivity index (χ0v) is 18.5. The van der Waals surface area contributed by atoms with Gasteiger partial charge >= 0.3 is 12.1 Å². The summed E-state index contributed by atoms with van der Waals surface area (Å²) in [6.07, 6.45) is 0.493. The molecule has 0 aromatic heterocycles. The second kappa shape index (κ2) is 10.8. The molecule has 0 saturated carbocycles. The zero-order chi connectivity index (χ0) is 23.1. The lowest BCUT2D eigenvalue weighted by Gasteiger charge is -2.20. The van der Waals surface area contributed by atoms with E-state index in [0.717, 1.165) is 22.3 Å². The van der Waals surface area contributed by atoms with Crippen molar-refractivity contribution in [1.82, 2.24) is 10.6 Å². The molecule has 0 heterocycles. The lowest BCUT2D eigenvalue weighted by molar-refractivity contribution is -0.138. The lowest BCUT2D eigenvalue weighted by Crippen LogP contribution is -2.48. The molecule has 2 aromatic rings. The molecule has 0 fully saturated rings. The highest BCUT2D eigenvalue weighted by Gasteiger charge is 2.29. The number of ether oxygens (including phenoxy) is 1. The summed E-state index contributed by atoms with van der Waals surface area (Å²) in [6.45, 7) is 4.09. The first-order valence-electron chi connectivity index (χ1n) is 11.0. The van der Waals surface area contributed by atoms with Crippen molar-refractivity contribution in [1.29, 1.82) is 0 Å². The molecule has 0 saturated heterocycles. The topological polar surface area (TPSA) is 105 Å². The number of hydrogen-bond donors (Lipinski definition) is 3. The summed E-state index contributed by atoms with van der Waals surface area (Å²) in [6, 6.07) is 15.5. The SMILES string of the molecule is CCCC(NC(=O)OCC1c2ccccc2-c2ccccc21)C(=O)NCC(C)CC(=O)O. The summed E-state index contributed by atoms with van der Waals surface area (Å²) >= 11 is 0. The van der Waals surface area contributed by atoms with E-state index in [0.29, 0.717) is 12.8 Å². The van der Waals surface area contributed by atoms with Crippen LogP contribution >= 0.6 is 0 Å². The van der Waals surface area contributed by atoms with Gasteiger partial charge in [-0.2, -0.15) is 0 Å². The Balaban J connectivity index is 1.58. The molecule has 3 rings (SSSR count). The van der Waals surface area contributed by atoms with Gasteiger partial charge in [0, 0.05) is 18.9 Å². The molecule has 2 unspecified atom stereocenters. The molecule has 1 aliphatic carbocycles. The Kier molecular flexibility index (Phi) is 7.87. The summed E-state index contributed by atoms with van der Waals surface area (Å²) in [7, 11) is 0. The number of benzene rings is 2. The summed E-state index contributed by atoms with van der Waals surface area (Å²) in [5.41, 5.74) is 4.54. The van der Waals surface area contributed by atoms with E-state index < -0.39 is 18.1 Å². The third kappa shape index (κ3) is 5.66. The second-order valence-corrected chi connectivity index (χ2v) is 8.26. The number of carboxylic acids is 1. The number of amides is 2. The maximum absolute atomic E-state index is 12.5. The van der Waals surface area contributed by atoms with Crippen LogP contribution in [-0.2, 0) is 14.3 Å². The predicted molar refractivity (Wildman–Crippen MR) is 121 cm³/mol. The van der Waals surface area contributed by atoms with Crippen LogP contribution in [0.15, 0.2) is 48.5 Å². The van der Waals surface area contributed by atoms with Gasteiger partial charge < -0.3 is 20.5 Å². The normalized spacial score (nSPS) is 14.1. The molecule has 7 nitrogen and oxygen atoms in total. The maximum Gasteiger partial charge on any atom is 0.407 e. The van der Waals surface area contributed by atoms with Gasteiger partial charge in [0.25, 0.3) is 0 Å².